The van der Waals surface area contributed by atoms with Gasteiger partial charge in [0.25, 0.3) is 0 Å². The Kier molecular flexibility index (Phi) is 3.33. The standard InChI is InChI=1S/C13H17NO3/c14-11-5-3-10(4-6-11)9-13(12(15)16)7-1-2-8-17-13/h3-6H,1-2,7-9,14H2,(H,15,16). The van der Waals surface area contributed by atoms with Crippen LogP contribution in [0.3, 0.4) is 0 Å². The van der Waals surface area contributed by atoms with E-state index in [4.69, 9.17) is 10.5 Å². The monoisotopic (exact) mass is 235 g/mol. The molecule has 0 radical (unpaired) electrons. The number of aliphatic carboxylic acids is 1. The summed E-state index contributed by atoms with van der Waals surface area (Å²) in [5, 5.41) is 9.35. The van der Waals surface area contributed by atoms with E-state index >= 15 is 0 Å². The lowest BCUT2D eigenvalue weighted by Gasteiger charge is -2.33. The Morgan fingerprint density at radius 1 is 1.35 bits per heavy atom. The summed E-state index contributed by atoms with van der Waals surface area (Å²) in [6.07, 6.45) is 2.83. The molecule has 1 saturated heterocycles. The van der Waals surface area contributed by atoms with E-state index in [2.05, 4.69) is 0 Å². The number of ether oxygens (including phenoxy) is 1. The molecule has 2 rings (SSSR count). The van der Waals surface area contributed by atoms with Crippen LogP contribution in [0.1, 0.15) is 24.8 Å². The summed E-state index contributed by atoms with van der Waals surface area (Å²) in [5.74, 6) is -0.867. The van der Waals surface area contributed by atoms with Crippen molar-refractivity contribution in [2.45, 2.75) is 31.3 Å². The van der Waals surface area contributed by atoms with Crippen LogP contribution in [-0.2, 0) is 16.0 Å². The van der Waals surface area contributed by atoms with Crippen molar-refractivity contribution in [3.63, 3.8) is 0 Å². The number of rotatable bonds is 3. The summed E-state index contributed by atoms with van der Waals surface area (Å²) in [4.78, 5) is 11.4. The fraction of sp³-hybridized carbons (Fsp3) is 0.462. The van der Waals surface area contributed by atoms with Crippen LogP contribution in [0.2, 0.25) is 0 Å². The topological polar surface area (TPSA) is 72.6 Å². The highest BCUT2D eigenvalue weighted by Gasteiger charge is 2.41. The lowest BCUT2D eigenvalue weighted by molar-refractivity contribution is -0.172. The van der Waals surface area contributed by atoms with Crippen molar-refractivity contribution >= 4 is 11.7 Å². The summed E-state index contributed by atoms with van der Waals surface area (Å²) in [6, 6.07) is 7.29. The average molecular weight is 235 g/mol. The molecule has 1 aliphatic heterocycles. The summed E-state index contributed by atoms with van der Waals surface area (Å²) < 4.78 is 5.53. The van der Waals surface area contributed by atoms with Gasteiger partial charge in [0, 0.05) is 18.7 Å². The van der Waals surface area contributed by atoms with Gasteiger partial charge in [0.1, 0.15) is 0 Å². The first-order chi connectivity index (χ1) is 8.12. The fourth-order valence-corrected chi connectivity index (χ4v) is 2.20. The maximum absolute atomic E-state index is 11.4. The smallest absolute Gasteiger partial charge is 0.336 e. The molecule has 1 aliphatic rings. The number of carbonyl (C=O) groups is 1. The number of nitrogen functional groups attached to an aromatic ring is 1. The molecule has 92 valence electrons. The van der Waals surface area contributed by atoms with Gasteiger partial charge in [-0.05, 0) is 37.0 Å². The maximum Gasteiger partial charge on any atom is 0.336 e. The second-order valence-electron chi connectivity index (χ2n) is 4.52. The third-order valence-corrected chi connectivity index (χ3v) is 3.21. The Labute approximate surface area is 100 Å². The van der Waals surface area contributed by atoms with Crippen molar-refractivity contribution in [3.05, 3.63) is 29.8 Å². The first-order valence-electron chi connectivity index (χ1n) is 5.84. The normalized spacial score (nSPS) is 24.5. The third kappa shape index (κ3) is 2.58. The van der Waals surface area contributed by atoms with Gasteiger partial charge in [0.2, 0.25) is 0 Å². The zero-order valence-electron chi connectivity index (χ0n) is 9.69. The van der Waals surface area contributed by atoms with Gasteiger partial charge in [0.05, 0.1) is 0 Å². The quantitative estimate of drug-likeness (QED) is 0.784. The zero-order chi connectivity index (χ0) is 12.3. The molecule has 3 N–H and O–H groups in total. The Hall–Kier alpha value is -1.55. The molecular weight excluding hydrogens is 218 g/mol. The minimum atomic E-state index is -1.05. The Bertz CT molecular complexity index is 394. The van der Waals surface area contributed by atoms with Crippen LogP contribution in [0.25, 0.3) is 0 Å². The number of nitrogens with two attached hydrogens (primary N) is 1. The number of hydrogen-bond donors (Lipinski definition) is 2. The van der Waals surface area contributed by atoms with E-state index in [9.17, 15) is 9.90 Å². The van der Waals surface area contributed by atoms with E-state index in [0.717, 1.165) is 18.4 Å². The summed E-state index contributed by atoms with van der Waals surface area (Å²) in [6.45, 7) is 0.529. The van der Waals surface area contributed by atoms with Crippen LogP contribution < -0.4 is 5.73 Å². The molecular formula is C13H17NO3. The highest BCUT2D eigenvalue weighted by molar-refractivity contribution is 5.78. The number of benzene rings is 1. The molecule has 0 bridgehead atoms. The molecule has 1 unspecified atom stereocenters. The van der Waals surface area contributed by atoms with Crippen molar-refractivity contribution < 1.29 is 14.6 Å². The van der Waals surface area contributed by atoms with Crippen molar-refractivity contribution in [1.29, 1.82) is 0 Å². The number of anilines is 1. The predicted octanol–water partition coefficient (Wildman–Crippen LogP) is 1.84. The van der Waals surface area contributed by atoms with Gasteiger partial charge in [-0.1, -0.05) is 12.1 Å². The lowest BCUT2D eigenvalue weighted by atomic mass is 9.87. The van der Waals surface area contributed by atoms with E-state index < -0.39 is 11.6 Å². The minimum Gasteiger partial charge on any atom is -0.479 e. The maximum atomic E-state index is 11.4. The minimum absolute atomic E-state index is 0.405. The van der Waals surface area contributed by atoms with Gasteiger partial charge in [-0.3, -0.25) is 0 Å². The Morgan fingerprint density at radius 3 is 2.59 bits per heavy atom. The number of carboxylic acid groups (broad SMARTS) is 1. The van der Waals surface area contributed by atoms with Crippen LogP contribution in [-0.4, -0.2) is 23.3 Å². The van der Waals surface area contributed by atoms with E-state index in [1.807, 2.05) is 12.1 Å². The highest BCUT2D eigenvalue weighted by Crippen LogP contribution is 2.29. The molecule has 1 aromatic carbocycles. The molecule has 0 aromatic heterocycles. The van der Waals surface area contributed by atoms with Gasteiger partial charge < -0.3 is 15.6 Å². The van der Waals surface area contributed by atoms with Crippen molar-refractivity contribution in [1.82, 2.24) is 0 Å². The van der Waals surface area contributed by atoms with E-state index in [1.54, 1.807) is 12.1 Å². The number of hydrogen-bond acceptors (Lipinski definition) is 3. The average Bonchev–Trinajstić information content (AvgIpc) is 2.33. The van der Waals surface area contributed by atoms with Crippen molar-refractivity contribution in [2.75, 3.05) is 12.3 Å². The SMILES string of the molecule is Nc1ccc(CC2(C(=O)O)CCCCO2)cc1. The molecule has 0 saturated carbocycles. The van der Waals surface area contributed by atoms with Gasteiger partial charge in [-0.15, -0.1) is 0 Å². The lowest BCUT2D eigenvalue weighted by Crippen LogP contribution is -2.46. The van der Waals surface area contributed by atoms with Crippen molar-refractivity contribution in [2.24, 2.45) is 0 Å². The summed E-state index contributed by atoms with van der Waals surface area (Å²) in [7, 11) is 0. The molecule has 1 fully saturated rings. The summed E-state index contributed by atoms with van der Waals surface area (Å²) >= 11 is 0. The molecule has 0 spiro atoms. The zero-order valence-corrected chi connectivity index (χ0v) is 9.69. The van der Waals surface area contributed by atoms with E-state index in [-0.39, 0.29) is 0 Å². The van der Waals surface area contributed by atoms with Crippen LogP contribution in [0.15, 0.2) is 24.3 Å². The molecule has 1 heterocycles. The first-order valence-corrected chi connectivity index (χ1v) is 5.84. The largest absolute Gasteiger partial charge is 0.479 e. The Balaban J connectivity index is 2.17. The van der Waals surface area contributed by atoms with Gasteiger partial charge in [-0.25, -0.2) is 4.79 Å². The summed E-state index contributed by atoms with van der Waals surface area (Å²) in [5.41, 5.74) is 6.19. The predicted molar refractivity (Wildman–Crippen MR) is 64.7 cm³/mol. The van der Waals surface area contributed by atoms with Gasteiger partial charge >= 0.3 is 5.97 Å². The van der Waals surface area contributed by atoms with Crippen LogP contribution >= 0.6 is 0 Å². The molecule has 0 aliphatic carbocycles. The van der Waals surface area contributed by atoms with Crippen LogP contribution in [0.4, 0.5) is 5.69 Å². The Morgan fingerprint density at radius 2 is 2.06 bits per heavy atom. The highest BCUT2D eigenvalue weighted by atomic mass is 16.5. The second kappa shape index (κ2) is 4.75. The molecule has 1 aromatic rings. The first kappa shape index (κ1) is 11.9. The van der Waals surface area contributed by atoms with E-state index in [0.29, 0.717) is 25.1 Å². The molecule has 17 heavy (non-hydrogen) atoms. The second-order valence-corrected chi connectivity index (χ2v) is 4.52. The third-order valence-electron chi connectivity index (χ3n) is 3.21. The van der Waals surface area contributed by atoms with Gasteiger partial charge in [0.15, 0.2) is 5.60 Å². The molecule has 0 amide bonds. The van der Waals surface area contributed by atoms with Gasteiger partial charge in [-0.2, -0.15) is 0 Å². The van der Waals surface area contributed by atoms with Crippen LogP contribution in [0.5, 0.6) is 0 Å². The van der Waals surface area contributed by atoms with Crippen LogP contribution in [0, 0.1) is 0 Å². The van der Waals surface area contributed by atoms with Crippen molar-refractivity contribution in [3.8, 4) is 0 Å². The number of carboxylic acids is 1. The fourth-order valence-electron chi connectivity index (χ4n) is 2.20. The molecule has 1 atom stereocenters. The molecule has 4 heteroatoms. The van der Waals surface area contributed by atoms with E-state index in [1.165, 1.54) is 0 Å². The molecule has 4 nitrogen and oxygen atoms in total.